The van der Waals surface area contributed by atoms with Crippen LogP contribution in [0.15, 0.2) is 133 Å². The van der Waals surface area contributed by atoms with Gasteiger partial charge in [-0.05, 0) is 44.5 Å². The Morgan fingerprint density at radius 2 is 0.800 bits per heavy atom. The number of benzene rings is 5. The van der Waals surface area contributed by atoms with E-state index in [2.05, 4.69) is 109 Å². The summed E-state index contributed by atoms with van der Waals surface area (Å²) in [5.74, 6) is 0.0971. The Bertz CT molecular complexity index is 1590. The summed E-state index contributed by atoms with van der Waals surface area (Å²) in [6.07, 6.45) is 0. The van der Waals surface area contributed by atoms with Gasteiger partial charge in [-0.1, -0.05) is 133 Å². The molecule has 1 heteroatoms. The number of hydrogen-bond acceptors (Lipinski definition) is 1. The minimum Gasteiger partial charge on any atom is -0.289 e. The Balaban J connectivity index is 1.75. The van der Waals surface area contributed by atoms with Gasteiger partial charge in [-0.2, -0.15) is 0 Å². The van der Waals surface area contributed by atoms with Gasteiger partial charge in [0.2, 0.25) is 0 Å². The summed E-state index contributed by atoms with van der Waals surface area (Å²) < 4.78 is 0. The van der Waals surface area contributed by atoms with E-state index in [9.17, 15) is 4.79 Å². The molecule has 7 rings (SSSR count). The lowest BCUT2D eigenvalue weighted by Gasteiger charge is -2.41. The molecule has 2 aliphatic carbocycles. The molecule has 0 N–H and O–H groups in total. The predicted molar refractivity (Wildman–Crippen MR) is 141 cm³/mol. The molecule has 0 saturated carbocycles. The fourth-order valence-electron chi connectivity index (χ4n) is 6.22. The monoisotopic (exact) mass is 446 g/mol. The van der Waals surface area contributed by atoms with E-state index in [1.165, 1.54) is 33.4 Å². The number of carbonyl (C=O) groups is 1. The van der Waals surface area contributed by atoms with Crippen molar-refractivity contribution in [3.05, 3.63) is 178 Å². The fourth-order valence-corrected chi connectivity index (χ4v) is 6.22. The molecule has 164 valence electrons. The van der Waals surface area contributed by atoms with Crippen molar-refractivity contribution in [2.75, 3.05) is 0 Å². The topological polar surface area (TPSA) is 17.1 Å². The Morgan fingerprint density at radius 1 is 0.400 bits per heavy atom. The van der Waals surface area contributed by atoms with Gasteiger partial charge >= 0.3 is 0 Å². The highest BCUT2D eigenvalue weighted by Crippen LogP contribution is 2.62. The predicted octanol–water partition coefficient (Wildman–Crippen LogP) is 7.54. The first-order chi connectivity index (χ1) is 17.3. The van der Waals surface area contributed by atoms with E-state index in [4.69, 9.17) is 0 Å². The van der Waals surface area contributed by atoms with Crippen molar-refractivity contribution in [1.82, 2.24) is 0 Å². The normalized spacial score (nSPS) is 15.0. The summed E-state index contributed by atoms with van der Waals surface area (Å²) in [6, 6.07) is 46.4. The van der Waals surface area contributed by atoms with Gasteiger partial charge in [0.15, 0.2) is 5.78 Å². The third kappa shape index (κ3) is 2.61. The second-order valence-electron chi connectivity index (χ2n) is 9.20. The van der Waals surface area contributed by atoms with E-state index in [1.54, 1.807) is 0 Å². The fraction of sp³-hybridized carbons (Fsp3) is 0.0294. The zero-order valence-corrected chi connectivity index (χ0v) is 19.1. The van der Waals surface area contributed by atoms with Gasteiger partial charge in [0.1, 0.15) is 0 Å². The van der Waals surface area contributed by atoms with Crippen molar-refractivity contribution in [1.29, 1.82) is 0 Å². The van der Waals surface area contributed by atoms with E-state index in [0.717, 1.165) is 22.3 Å². The smallest absolute Gasteiger partial charge is 0.193 e. The molecule has 0 radical (unpaired) electrons. The molecule has 0 atom stereocenters. The molecular formula is C34H22O. The van der Waals surface area contributed by atoms with Crippen LogP contribution < -0.4 is 0 Å². The van der Waals surface area contributed by atoms with E-state index in [0.29, 0.717) is 0 Å². The molecule has 0 saturated heterocycles. The molecule has 0 fully saturated rings. The maximum atomic E-state index is 13.7. The largest absolute Gasteiger partial charge is 0.289 e. The van der Waals surface area contributed by atoms with Crippen LogP contribution in [0.25, 0.3) is 11.1 Å². The minimum atomic E-state index is -0.593. The lowest BCUT2D eigenvalue weighted by Crippen LogP contribution is -2.36. The van der Waals surface area contributed by atoms with Crippen molar-refractivity contribution in [2.24, 2.45) is 0 Å². The SMILES string of the molecule is O=C1c2ccccc2C2(C(c3ccccc3)=C(c3ccccc3)c3ccccc32)c2ccccc21. The van der Waals surface area contributed by atoms with Crippen LogP contribution in [0.2, 0.25) is 0 Å². The lowest BCUT2D eigenvalue weighted by molar-refractivity contribution is 0.103. The summed E-state index contributed by atoms with van der Waals surface area (Å²) >= 11 is 0. The molecule has 35 heavy (non-hydrogen) atoms. The number of fused-ring (bicyclic) bond motifs is 6. The number of allylic oxidation sites excluding steroid dienone is 1. The van der Waals surface area contributed by atoms with Crippen molar-refractivity contribution in [3.8, 4) is 0 Å². The highest BCUT2D eigenvalue weighted by molar-refractivity contribution is 6.19. The maximum absolute atomic E-state index is 13.7. The summed E-state index contributed by atoms with van der Waals surface area (Å²) in [6.45, 7) is 0. The van der Waals surface area contributed by atoms with Crippen molar-refractivity contribution in [2.45, 2.75) is 5.41 Å². The Labute approximate surface area is 205 Å². The summed E-state index contributed by atoms with van der Waals surface area (Å²) in [7, 11) is 0. The van der Waals surface area contributed by atoms with Crippen LogP contribution >= 0.6 is 0 Å². The Kier molecular flexibility index (Phi) is 4.28. The van der Waals surface area contributed by atoms with Gasteiger partial charge in [0.25, 0.3) is 0 Å². The molecule has 1 nitrogen and oxygen atoms in total. The van der Waals surface area contributed by atoms with Crippen molar-refractivity contribution < 1.29 is 4.79 Å². The van der Waals surface area contributed by atoms with Crippen LogP contribution in [-0.4, -0.2) is 5.78 Å². The first-order valence-corrected chi connectivity index (χ1v) is 12.0. The van der Waals surface area contributed by atoms with Gasteiger partial charge < -0.3 is 0 Å². The molecular weight excluding hydrogens is 424 g/mol. The van der Waals surface area contributed by atoms with Crippen LogP contribution in [0.4, 0.5) is 0 Å². The van der Waals surface area contributed by atoms with E-state index in [-0.39, 0.29) is 5.78 Å². The third-order valence-electron chi connectivity index (χ3n) is 7.50. The van der Waals surface area contributed by atoms with Crippen molar-refractivity contribution >= 4 is 16.9 Å². The van der Waals surface area contributed by atoms with Gasteiger partial charge in [-0.3, -0.25) is 4.79 Å². The average molecular weight is 447 g/mol. The number of carbonyl (C=O) groups excluding carboxylic acids is 1. The van der Waals surface area contributed by atoms with Crippen molar-refractivity contribution in [3.63, 3.8) is 0 Å². The van der Waals surface area contributed by atoms with E-state index >= 15 is 0 Å². The highest BCUT2D eigenvalue weighted by Gasteiger charge is 2.53. The number of rotatable bonds is 2. The molecule has 1 spiro atoms. The Morgan fingerprint density at radius 3 is 1.34 bits per heavy atom. The number of hydrogen-bond donors (Lipinski definition) is 0. The highest BCUT2D eigenvalue weighted by atomic mass is 16.1. The lowest BCUT2D eigenvalue weighted by atomic mass is 9.59. The van der Waals surface area contributed by atoms with Crippen LogP contribution in [0.5, 0.6) is 0 Å². The Hall–Kier alpha value is -4.49. The molecule has 2 aliphatic rings. The summed E-state index contributed by atoms with van der Waals surface area (Å²) in [4.78, 5) is 13.7. The summed E-state index contributed by atoms with van der Waals surface area (Å²) in [5.41, 5.74) is 10.3. The zero-order chi connectivity index (χ0) is 23.4. The molecule has 0 unspecified atom stereocenters. The van der Waals surface area contributed by atoms with E-state index < -0.39 is 5.41 Å². The average Bonchev–Trinajstić information content (AvgIpc) is 3.24. The van der Waals surface area contributed by atoms with Gasteiger partial charge in [0.05, 0.1) is 5.41 Å². The van der Waals surface area contributed by atoms with E-state index in [1.807, 2.05) is 24.3 Å². The van der Waals surface area contributed by atoms with Crippen LogP contribution in [0, 0.1) is 0 Å². The molecule has 0 amide bonds. The molecule has 5 aromatic carbocycles. The second kappa shape index (κ2) is 7.51. The van der Waals surface area contributed by atoms with Crippen LogP contribution in [-0.2, 0) is 5.41 Å². The molecule has 0 bridgehead atoms. The third-order valence-corrected chi connectivity index (χ3v) is 7.50. The number of ketones is 1. The molecule has 0 heterocycles. The minimum absolute atomic E-state index is 0.0971. The zero-order valence-electron chi connectivity index (χ0n) is 19.1. The standard InChI is InChI=1S/C34H22O/c35-33-26-18-8-11-21-29(26)34(30-22-12-9-19-27(30)33)28-20-10-7-17-25(28)31(23-13-3-1-4-14-23)32(34)24-15-5-2-6-16-24/h1-22H. The second-order valence-corrected chi connectivity index (χ2v) is 9.20. The molecule has 5 aromatic rings. The first-order valence-electron chi connectivity index (χ1n) is 12.0. The summed E-state index contributed by atoms with van der Waals surface area (Å²) in [5, 5.41) is 0. The van der Waals surface area contributed by atoms with Gasteiger partial charge in [-0.15, -0.1) is 0 Å². The van der Waals surface area contributed by atoms with Crippen LogP contribution in [0.3, 0.4) is 0 Å². The van der Waals surface area contributed by atoms with Gasteiger partial charge in [-0.25, -0.2) is 0 Å². The molecule has 0 aromatic heterocycles. The van der Waals surface area contributed by atoms with Crippen LogP contribution in [0.1, 0.15) is 49.3 Å². The van der Waals surface area contributed by atoms with Gasteiger partial charge in [0, 0.05) is 11.1 Å². The quantitative estimate of drug-likeness (QED) is 0.274. The molecule has 0 aliphatic heterocycles. The maximum Gasteiger partial charge on any atom is 0.193 e. The first kappa shape index (κ1) is 19.9.